The van der Waals surface area contributed by atoms with Crippen LogP contribution in [-0.4, -0.2) is 100 Å². The predicted molar refractivity (Wildman–Crippen MR) is 244 cm³/mol. The van der Waals surface area contributed by atoms with Gasteiger partial charge in [0.1, 0.15) is 26.8 Å². The number of anilines is 4. The average molecular weight is 903 g/mol. The van der Waals surface area contributed by atoms with Gasteiger partial charge in [-0.1, -0.05) is 12.1 Å². The van der Waals surface area contributed by atoms with E-state index in [9.17, 15) is 19.2 Å². The highest BCUT2D eigenvalue weighted by atomic mass is 32.1. The van der Waals surface area contributed by atoms with E-state index in [1.54, 1.807) is 66.0 Å². The second-order valence-corrected chi connectivity index (χ2v) is 17.6. The molecule has 2 aliphatic rings. The van der Waals surface area contributed by atoms with E-state index >= 15 is 0 Å². The molecule has 0 saturated carbocycles. The van der Waals surface area contributed by atoms with Crippen LogP contribution >= 0.6 is 45.3 Å². The van der Waals surface area contributed by atoms with Crippen LogP contribution in [0.1, 0.15) is 46.7 Å². The highest BCUT2D eigenvalue weighted by molar-refractivity contribution is 7.20. The number of nitrogens with one attached hydrogen (secondary N) is 3. The number of nitrogens with two attached hydrogens (primary N) is 3. The summed E-state index contributed by atoms with van der Waals surface area (Å²) in [6, 6.07) is 15.0. The summed E-state index contributed by atoms with van der Waals surface area (Å²) in [7, 11) is 3.53. The molecule has 8 rings (SSSR count). The number of pyridine rings is 2. The molecular weight excluding hydrogens is 857 g/mol. The molecule has 0 aliphatic carbocycles. The molecule has 21 heteroatoms. The first kappa shape index (κ1) is 44.7. The Morgan fingerprint density at radius 2 is 1.15 bits per heavy atom. The summed E-state index contributed by atoms with van der Waals surface area (Å²) in [6.07, 6.45) is 5.87. The summed E-state index contributed by atoms with van der Waals surface area (Å²) in [5.74, 6) is -0.426. The van der Waals surface area contributed by atoms with Crippen LogP contribution in [0.25, 0.3) is 19.8 Å². The molecular formula is C40H46N12O5S4. The maximum atomic E-state index is 12.8. The van der Waals surface area contributed by atoms with Crippen molar-refractivity contribution in [1.82, 2.24) is 30.6 Å². The number of amides is 3. The van der Waals surface area contributed by atoms with Gasteiger partial charge in [0.15, 0.2) is 17.3 Å². The molecule has 0 unspecified atom stereocenters. The zero-order chi connectivity index (χ0) is 43.6. The number of hydrogen-bond acceptors (Lipinski definition) is 17. The molecule has 0 bridgehead atoms. The molecule has 0 atom stereocenters. The molecule has 2 aliphatic heterocycles. The number of carboxylic acid groups (broad SMARTS) is 1. The Morgan fingerprint density at radius 1 is 0.672 bits per heavy atom. The maximum absolute atomic E-state index is 12.8. The van der Waals surface area contributed by atoms with Crippen molar-refractivity contribution in [3.8, 4) is 19.8 Å². The number of nitrogens with zero attached hydrogens (tertiary/aromatic N) is 6. The Bertz CT molecular complexity index is 2400. The van der Waals surface area contributed by atoms with Crippen molar-refractivity contribution >= 4 is 92.0 Å². The second-order valence-electron chi connectivity index (χ2n) is 13.9. The number of primary amides is 2. The van der Waals surface area contributed by atoms with Gasteiger partial charge in [-0.3, -0.25) is 14.4 Å². The van der Waals surface area contributed by atoms with Crippen LogP contribution in [-0.2, 0) is 9.59 Å². The van der Waals surface area contributed by atoms with Crippen molar-refractivity contribution in [3.05, 3.63) is 93.8 Å². The van der Waals surface area contributed by atoms with E-state index in [0.717, 1.165) is 25.6 Å². The number of carbonyl (C=O) groups is 4. The van der Waals surface area contributed by atoms with Gasteiger partial charge in [0, 0.05) is 49.3 Å². The lowest BCUT2D eigenvalue weighted by molar-refractivity contribution is -0.125. The summed E-state index contributed by atoms with van der Waals surface area (Å²) < 4.78 is 0. The van der Waals surface area contributed by atoms with Crippen LogP contribution < -0.4 is 43.0 Å². The normalized spacial score (nSPS) is 15.4. The smallest absolute Gasteiger partial charge is 0.355 e. The minimum Gasteiger partial charge on any atom is -0.476 e. The quantitative estimate of drug-likeness (QED) is 0.0919. The van der Waals surface area contributed by atoms with Gasteiger partial charge in [0.05, 0.1) is 21.1 Å². The van der Waals surface area contributed by atoms with Gasteiger partial charge in [-0.05, 0) is 86.9 Å². The summed E-state index contributed by atoms with van der Waals surface area (Å²) in [5, 5.41) is 26.5. The van der Waals surface area contributed by atoms with E-state index in [0.29, 0.717) is 74.7 Å². The summed E-state index contributed by atoms with van der Waals surface area (Å²) in [6.45, 7) is 2.63. The molecule has 17 nitrogen and oxygen atoms in total. The number of nitrogen functional groups attached to an aromatic ring is 1. The molecule has 0 aromatic carbocycles. The molecule has 320 valence electrons. The number of piperidine rings is 2. The zero-order valence-corrected chi connectivity index (χ0v) is 36.6. The number of thiophene rings is 2. The fraction of sp³-hybridized carbons (Fsp3) is 0.300. The molecule has 61 heavy (non-hydrogen) atoms. The van der Waals surface area contributed by atoms with Gasteiger partial charge >= 0.3 is 5.97 Å². The van der Waals surface area contributed by atoms with Gasteiger partial charge in [0.25, 0.3) is 5.91 Å². The highest BCUT2D eigenvalue weighted by Gasteiger charge is 2.40. The van der Waals surface area contributed by atoms with E-state index in [1.807, 2.05) is 53.2 Å². The highest BCUT2D eigenvalue weighted by Crippen LogP contribution is 2.32. The summed E-state index contributed by atoms with van der Waals surface area (Å²) in [5.41, 5.74) is 17.4. The van der Waals surface area contributed by atoms with Gasteiger partial charge in [-0.25, -0.2) is 24.7 Å². The van der Waals surface area contributed by atoms with Crippen LogP contribution in [0.3, 0.4) is 0 Å². The summed E-state index contributed by atoms with van der Waals surface area (Å²) >= 11 is 5.95. The number of carboxylic acids is 1. The predicted octanol–water partition coefficient (Wildman–Crippen LogP) is 4.84. The maximum Gasteiger partial charge on any atom is 0.355 e. The molecule has 2 saturated heterocycles. The SMILES string of the molecule is CNC1(C(N)=O)CCN(c2ncccc2N)CC1.CNC1(C(N)=O)CCN(c2ncccc2NC(=O)c2csc(-c3cccs3)n2)CC1.O=C(O)c1csc(-c2cccs2)n1. The Kier molecular flexibility index (Phi) is 14.8. The first-order chi connectivity index (χ1) is 29.4. The van der Waals surface area contributed by atoms with E-state index in [1.165, 1.54) is 22.7 Å². The molecule has 2 fully saturated rings. The number of hydrogen-bond donors (Lipinski definition) is 7. The minimum absolute atomic E-state index is 0.119. The lowest BCUT2D eigenvalue weighted by Crippen LogP contribution is -2.59. The van der Waals surface area contributed by atoms with E-state index in [4.69, 9.17) is 22.3 Å². The molecule has 8 heterocycles. The number of carbonyl (C=O) groups excluding carboxylic acids is 3. The molecule has 6 aromatic heterocycles. The topological polar surface area (TPSA) is 261 Å². The van der Waals surface area contributed by atoms with Crippen molar-refractivity contribution in [3.63, 3.8) is 0 Å². The second kappa shape index (κ2) is 20.1. The Balaban J connectivity index is 0.000000170. The monoisotopic (exact) mass is 902 g/mol. The zero-order valence-electron chi connectivity index (χ0n) is 33.4. The van der Waals surface area contributed by atoms with Crippen molar-refractivity contribution < 1.29 is 24.3 Å². The van der Waals surface area contributed by atoms with Crippen LogP contribution in [0.5, 0.6) is 0 Å². The van der Waals surface area contributed by atoms with Gasteiger partial charge in [-0.2, -0.15) is 0 Å². The minimum atomic E-state index is -0.973. The third-order valence-corrected chi connectivity index (χ3v) is 14.3. The van der Waals surface area contributed by atoms with Crippen molar-refractivity contribution in [1.29, 1.82) is 0 Å². The third kappa shape index (κ3) is 10.6. The fourth-order valence-electron chi connectivity index (χ4n) is 6.82. The Morgan fingerprint density at radius 3 is 1.59 bits per heavy atom. The van der Waals surface area contributed by atoms with Crippen LogP contribution in [0, 0.1) is 0 Å². The summed E-state index contributed by atoms with van der Waals surface area (Å²) in [4.78, 5) is 70.1. The van der Waals surface area contributed by atoms with E-state index in [2.05, 4.69) is 45.7 Å². The first-order valence-corrected chi connectivity index (χ1v) is 22.6. The molecule has 0 spiro atoms. The average Bonchev–Trinajstić information content (AvgIpc) is 4.13. The Hall–Kier alpha value is -5.84. The van der Waals surface area contributed by atoms with Crippen LogP contribution in [0.2, 0.25) is 0 Å². The lowest BCUT2D eigenvalue weighted by Gasteiger charge is -2.40. The van der Waals surface area contributed by atoms with E-state index < -0.39 is 17.0 Å². The largest absolute Gasteiger partial charge is 0.476 e. The number of likely N-dealkylation sites (N-methyl/N-ethyl adjacent to an activating group) is 2. The molecule has 6 aromatic rings. The molecule has 10 N–H and O–H groups in total. The molecule has 0 radical (unpaired) electrons. The first-order valence-electron chi connectivity index (χ1n) is 19.0. The molecule has 3 amide bonds. The van der Waals surface area contributed by atoms with Gasteiger partial charge in [0.2, 0.25) is 11.8 Å². The van der Waals surface area contributed by atoms with Gasteiger partial charge in [-0.15, -0.1) is 45.3 Å². The van der Waals surface area contributed by atoms with Crippen LogP contribution in [0.15, 0.2) is 82.4 Å². The fourth-order valence-corrected chi connectivity index (χ4v) is 10.0. The van der Waals surface area contributed by atoms with Crippen molar-refractivity contribution in [2.45, 2.75) is 36.8 Å². The number of aromatic carboxylic acids is 1. The lowest BCUT2D eigenvalue weighted by atomic mass is 9.87. The number of aromatic nitrogens is 4. The standard InChI is InChI=1S/C20H22N6O2S2.C12H19N5O.C8H5NO2S2/c1-22-20(19(21)28)6-9-26(10-7-20)16-13(4-2-8-23-16)24-17(27)14-12-30-18(25-14)15-5-3-11-29-15;1-15-12(11(14)18)4-7-17(8-5-12)10-9(13)3-2-6-16-10;10-8(11)5-4-13-7(9-5)6-2-1-3-12-6/h2-5,8,11-12,22H,6-7,9-10H2,1H3,(H2,21,28)(H,24,27);2-3,6,15H,4-5,7-8,13H2,1H3,(H2,14,18);1-4H,(H,10,11). The Labute approximate surface area is 368 Å². The van der Waals surface area contributed by atoms with Crippen LogP contribution in [0.4, 0.5) is 23.0 Å². The van der Waals surface area contributed by atoms with E-state index in [-0.39, 0.29) is 23.4 Å². The number of thiazole rings is 2. The van der Waals surface area contributed by atoms with Gasteiger partial charge < -0.3 is 48.1 Å². The van der Waals surface area contributed by atoms with Crippen molar-refractivity contribution in [2.75, 3.05) is 61.1 Å². The number of rotatable bonds is 11. The third-order valence-electron chi connectivity index (χ3n) is 10.5. The van der Waals surface area contributed by atoms with Crippen molar-refractivity contribution in [2.24, 2.45) is 11.5 Å².